The van der Waals surface area contributed by atoms with Crippen LogP contribution >= 0.6 is 0 Å². The van der Waals surface area contributed by atoms with Gasteiger partial charge in [-0.1, -0.05) is 35.9 Å². The number of benzene rings is 2. The van der Waals surface area contributed by atoms with E-state index in [1.807, 2.05) is 31.2 Å². The highest BCUT2D eigenvalue weighted by Crippen LogP contribution is 2.32. The normalized spacial score (nSPS) is 19.5. The fraction of sp³-hybridized carbons (Fsp3) is 0.316. The van der Waals surface area contributed by atoms with Gasteiger partial charge >= 0.3 is 0 Å². The Hall–Kier alpha value is -2.34. The summed E-state index contributed by atoms with van der Waals surface area (Å²) in [7, 11) is -3.27. The van der Waals surface area contributed by atoms with E-state index in [0.717, 1.165) is 5.56 Å². The van der Waals surface area contributed by atoms with Gasteiger partial charge in [0.05, 0.1) is 16.7 Å². The minimum atomic E-state index is -3.27. The molecule has 1 aliphatic rings. The summed E-state index contributed by atoms with van der Waals surface area (Å²) in [6, 6.07) is 14.0. The standard InChI is InChI=1S/C19H21NO4S/c1-13-7-9-15(10-8-13)24-14(2)19(21)20-17-11-12-25(22,23)18-6-4-3-5-16(17)18/h3-10,14,17H,11-12H2,1-2H3,(H,20,21). The maximum atomic E-state index is 12.5. The lowest BCUT2D eigenvalue weighted by atomic mass is 10.0. The highest BCUT2D eigenvalue weighted by molar-refractivity contribution is 7.91. The molecule has 1 aliphatic heterocycles. The number of aryl methyl sites for hydroxylation is 1. The smallest absolute Gasteiger partial charge is 0.261 e. The van der Waals surface area contributed by atoms with Crippen molar-refractivity contribution in [1.29, 1.82) is 0 Å². The van der Waals surface area contributed by atoms with E-state index in [1.165, 1.54) is 0 Å². The molecule has 25 heavy (non-hydrogen) atoms. The van der Waals surface area contributed by atoms with Crippen LogP contribution in [0.25, 0.3) is 0 Å². The lowest BCUT2D eigenvalue weighted by Gasteiger charge is -2.27. The van der Waals surface area contributed by atoms with Crippen molar-refractivity contribution in [2.24, 2.45) is 0 Å². The second kappa shape index (κ2) is 6.88. The van der Waals surface area contributed by atoms with Crippen LogP contribution in [0.4, 0.5) is 0 Å². The molecule has 0 spiro atoms. The van der Waals surface area contributed by atoms with E-state index in [9.17, 15) is 13.2 Å². The van der Waals surface area contributed by atoms with Crippen molar-refractivity contribution >= 4 is 15.7 Å². The number of carbonyl (C=O) groups excluding carboxylic acids is 1. The maximum absolute atomic E-state index is 12.5. The number of carbonyl (C=O) groups is 1. The highest BCUT2D eigenvalue weighted by Gasteiger charge is 2.31. The topological polar surface area (TPSA) is 72.5 Å². The maximum Gasteiger partial charge on any atom is 0.261 e. The van der Waals surface area contributed by atoms with Gasteiger partial charge < -0.3 is 10.1 Å². The van der Waals surface area contributed by atoms with Gasteiger partial charge in [0.15, 0.2) is 15.9 Å². The molecule has 2 aromatic rings. The second-order valence-electron chi connectivity index (χ2n) is 6.28. The molecule has 0 fully saturated rings. The first kappa shape index (κ1) is 17.5. The lowest BCUT2D eigenvalue weighted by molar-refractivity contribution is -0.128. The molecule has 0 radical (unpaired) electrons. The third-order valence-electron chi connectivity index (χ3n) is 4.32. The Morgan fingerprint density at radius 1 is 1.16 bits per heavy atom. The number of hydrogen-bond acceptors (Lipinski definition) is 4. The fourth-order valence-corrected chi connectivity index (χ4v) is 4.52. The Kier molecular flexibility index (Phi) is 4.81. The zero-order chi connectivity index (χ0) is 18.0. The number of ether oxygens (including phenoxy) is 1. The van der Waals surface area contributed by atoms with E-state index < -0.39 is 15.9 Å². The average Bonchev–Trinajstić information content (AvgIpc) is 2.59. The van der Waals surface area contributed by atoms with Crippen LogP contribution in [0.1, 0.15) is 30.5 Å². The highest BCUT2D eigenvalue weighted by atomic mass is 32.2. The molecule has 3 rings (SSSR count). The minimum absolute atomic E-state index is 0.0299. The Morgan fingerprint density at radius 3 is 2.56 bits per heavy atom. The van der Waals surface area contributed by atoms with E-state index in [-0.39, 0.29) is 17.7 Å². The molecule has 132 valence electrons. The van der Waals surface area contributed by atoms with Gasteiger partial charge in [0.1, 0.15) is 5.75 Å². The summed E-state index contributed by atoms with van der Waals surface area (Å²) < 4.78 is 30.0. The van der Waals surface area contributed by atoms with Crippen molar-refractivity contribution in [2.45, 2.75) is 37.3 Å². The van der Waals surface area contributed by atoms with Crippen LogP contribution in [0.2, 0.25) is 0 Å². The van der Waals surface area contributed by atoms with E-state index >= 15 is 0 Å². The Labute approximate surface area is 147 Å². The summed E-state index contributed by atoms with van der Waals surface area (Å²) in [6.07, 6.45) is -0.309. The van der Waals surface area contributed by atoms with Gasteiger partial charge in [0, 0.05) is 0 Å². The molecule has 1 amide bonds. The van der Waals surface area contributed by atoms with Crippen LogP contribution in [0, 0.1) is 6.92 Å². The Balaban J connectivity index is 1.71. The summed E-state index contributed by atoms with van der Waals surface area (Å²) >= 11 is 0. The molecule has 2 aromatic carbocycles. The van der Waals surface area contributed by atoms with E-state index in [2.05, 4.69) is 5.32 Å². The van der Waals surface area contributed by atoms with Crippen molar-refractivity contribution in [1.82, 2.24) is 5.32 Å². The summed E-state index contributed by atoms with van der Waals surface area (Å²) in [6.45, 7) is 3.66. The fourth-order valence-electron chi connectivity index (χ4n) is 2.90. The zero-order valence-corrected chi connectivity index (χ0v) is 15.0. The molecule has 2 atom stereocenters. The van der Waals surface area contributed by atoms with Gasteiger partial charge in [0.25, 0.3) is 5.91 Å². The molecule has 0 saturated carbocycles. The number of rotatable bonds is 4. The molecule has 6 heteroatoms. The van der Waals surface area contributed by atoms with Gasteiger partial charge in [-0.25, -0.2) is 8.42 Å². The predicted molar refractivity (Wildman–Crippen MR) is 95.3 cm³/mol. The molecule has 0 aromatic heterocycles. The van der Waals surface area contributed by atoms with Crippen LogP contribution in [-0.2, 0) is 14.6 Å². The van der Waals surface area contributed by atoms with Crippen molar-refractivity contribution in [3.8, 4) is 5.75 Å². The number of nitrogens with one attached hydrogen (secondary N) is 1. The van der Waals surface area contributed by atoms with Crippen LogP contribution in [-0.4, -0.2) is 26.2 Å². The minimum Gasteiger partial charge on any atom is -0.481 e. The first-order chi connectivity index (χ1) is 11.9. The van der Waals surface area contributed by atoms with Gasteiger partial charge in [-0.15, -0.1) is 0 Å². The van der Waals surface area contributed by atoms with Crippen molar-refractivity contribution in [3.63, 3.8) is 0 Å². The van der Waals surface area contributed by atoms with Crippen LogP contribution < -0.4 is 10.1 Å². The zero-order valence-electron chi connectivity index (χ0n) is 14.2. The average molecular weight is 359 g/mol. The first-order valence-electron chi connectivity index (χ1n) is 8.22. The second-order valence-corrected chi connectivity index (χ2v) is 8.36. The summed E-state index contributed by atoms with van der Waals surface area (Å²) in [4.78, 5) is 12.8. The summed E-state index contributed by atoms with van der Waals surface area (Å²) in [5.74, 6) is 0.391. The van der Waals surface area contributed by atoms with Crippen LogP contribution in [0.5, 0.6) is 5.75 Å². The molecule has 0 aliphatic carbocycles. The largest absolute Gasteiger partial charge is 0.481 e. The number of sulfone groups is 1. The van der Waals surface area contributed by atoms with E-state index in [0.29, 0.717) is 22.6 Å². The van der Waals surface area contributed by atoms with Crippen molar-refractivity contribution in [3.05, 3.63) is 59.7 Å². The third-order valence-corrected chi connectivity index (χ3v) is 6.14. The lowest BCUT2D eigenvalue weighted by Crippen LogP contribution is -2.40. The molecule has 1 N–H and O–H groups in total. The molecular weight excluding hydrogens is 338 g/mol. The number of hydrogen-bond donors (Lipinski definition) is 1. The van der Waals surface area contributed by atoms with Gasteiger partial charge in [-0.05, 0) is 44.0 Å². The van der Waals surface area contributed by atoms with E-state index in [1.54, 1.807) is 31.2 Å². The van der Waals surface area contributed by atoms with Crippen molar-refractivity contribution < 1.29 is 17.9 Å². The van der Waals surface area contributed by atoms with Crippen LogP contribution in [0.3, 0.4) is 0 Å². The van der Waals surface area contributed by atoms with Crippen molar-refractivity contribution in [2.75, 3.05) is 5.75 Å². The summed E-state index contributed by atoms with van der Waals surface area (Å²) in [5, 5.41) is 2.92. The van der Waals surface area contributed by atoms with Crippen LogP contribution in [0.15, 0.2) is 53.4 Å². The molecular formula is C19H21NO4S. The first-order valence-corrected chi connectivity index (χ1v) is 9.87. The molecule has 5 nitrogen and oxygen atoms in total. The Morgan fingerprint density at radius 2 is 1.84 bits per heavy atom. The molecule has 0 bridgehead atoms. The Bertz CT molecular complexity index is 875. The molecule has 2 unspecified atom stereocenters. The number of fused-ring (bicyclic) bond motifs is 1. The van der Waals surface area contributed by atoms with Gasteiger partial charge in [-0.2, -0.15) is 0 Å². The van der Waals surface area contributed by atoms with Gasteiger partial charge in [-0.3, -0.25) is 4.79 Å². The SMILES string of the molecule is Cc1ccc(OC(C)C(=O)NC2CCS(=O)(=O)c3ccccc32)cc1. The predicted octanol–water partition coefficient (Wildman–Crippen LogP) is 2.80. The molecule has 0 saturated heterocycles. The third kappa shape index (κ3) is 3.85. The monoisotopic (exact) mass is 359 g/mol. The summed E-state index contributed by atoms with van der Waals surface area (Å²) in [5.41, 5.74) is 1.76. The quantitative estimate of drug-likeness (QED) is 0.911. The van der Waals surface area contributed by atoms with E-state index in [4.69, 9.17) is 4.74 Å². The number of amides is 1. The molecule has 1 heterocycles. The van der Waals surface area contributed by atoms with Gasteiger partial charge in [0.2, 0.25) is 0 Å².